The average molecular weight is 236 g/mol. The number of hydrogen-bond acceptors (Lipinski definition) is 5. The summed E-state index contributed by atoms with van der Waals surface area (Å²) >= 11 is 0. The van der Waals surface area contributed by atoms with E-state index in [9.17, 15) is 0 Å². The van der Waals surface area contributed by atoms with Crippen LogP contribution in [0.1, 0.15) is 25.3 Å². The van der Waals surface area contributed by atoms with Gasteiger partial charge in [-0.05, 0) is 19.3 Å². The smallest absolute Gasteiger partial charge is 0.134 e. The fourth-order valence-corrected chi connectivity index (χ4v) is 2.13. The van der Waals surface area contributed by atoms with Crippen molar-refractivity contribution in [1.82, 2.24) is 9.97 Å². The Morgan fingerprint density at radius 1 is 1.41 bits per heavy atom. The summed E-state index contributed by atoms with van der Waals surface area (Å²) in [6, 6.07) is 0. The molecule has 1 aliphatic rings. The van der Waals surface area contributed by atoms with E-state index >= 15 is 0 Å². The summed E-state index contributed by atoms with van der Waals surface area (Å²) in [5.74, 6) is 1.82. The number of rotatable bonds is 5. The van der Waals surface area contributed by atoms with Crippen LogP contribution in [0.2, 0.25) is 0 Å². The first-order valence-corrected chi connectivity index (χ1v) is 6.22. The highest BCUT2D eigenvalue weighted by Crippen LogP contribution is 2.20. The van der Waals surface area contributed by atoms with Crippen molar-refractivity contribution in [3.8, 4) is 0 Å². The number of hydrogen-bond donors (Lipinski definition) is 2. The van der Waals surface area contributed by atoms with Gasteiger partial charge in [0.05, 0.1) is 6.10 Å². The van der Waals surface area contributed by atoms with E-state index < -0.39 is 0 Å². The minimum absolute atomic E-state index is 0.327. The van der Waals surface area contributed by atoms with Crippen LogP contribution >= 0.6 is 0 Å². The van der Waals surface area contributed by atoms with Gasteiger partial charge in [-0.15, -0.1) is 0 Å². The van der Waals surface area contributed by atoms with Crippen LogP contribution in [0.5, 0.6) is 0 Å². The first-order valence-electron chi connectivity index (χ1n) is 6.22. The van der Waals surface area contributed by atoms with Crippen LogP contribution in [0.4, 0.5) is 11.6 Å². The normalized spacial score (nSPS) is 19.3. The van der Waals surface area contributed by atoms with Crippen molar-refractivity contribution >= 4 is 11.6 Å². The van der Waals surface area contributed by atoms with E-state index in [1.807, 2.05) is 7.05 Å². The molecule has 0 aromatic carbocycles. The zero-order chi connectivity index (χ0) is 12.1. The van der Waals surface area contributed by atoms with Gasteiger partial charge in [-0.3, -0.25) is 0 Å². The summed E-state index contributed by atoms with van der Waals surface area (Å²) in [7, 11) is 1.88. The zero-order valence-corrected chi connectivity index (χ0v) is 10.5. The number of anilines is 2. The molecule has 1 aliphatic heterocycles. The highest BCUT2D eigenvalue weighted by atomic mass is 16.5. The number of aromatic nitrogens is 2. The van der Waals surface area contributed by atoms with Crippen molar-refractivity contribution in [3.63, 3.8) is 0 Å². The van der Waals surface area contributed by atoms with Crippen LogP contribution in [0, 0.1) is 0 Å². The predicted molar refractivity (Wildman–Crippen MR) is 68.4 cm³/mol. The third kappa shape index (κ3) is 2.85. The zero-order valence-electron chi connectivity index (χ0n) is 10.5. The molecular formula is C12H20N4O. The van der Waals surface area contributed by atoms with Gasteiger partial charge in [0.2, 0.25) is 0 Å². The van der Waals surface area contributed by atoms with Crippen LogP contribution < -0.4 is 10.6 Å². The Hall–Kier alpha value is -1.36. The minimum Gasteiger partial charge on any atom is -0.376 e. The molecule has 1 aromatic heterocycles. The van der Waals surface area contributed by atoms with E-state index in [4.69, 9.17) is 4.74 Å². The lowest BCUT2D eigenvalue weighted by molar-refractivity contribution is 0.120. The molecule has 2 heterocycles. The van der Waals surface area contributed by atoms with Gasteiger partial charge in [-0.1, -0.05) is 6.92 Å². The van der Waals surface area contributed by atoms with Gasteiger partial charge in [-0.2, -0.15) is 0 Å². The Kier molecular flexibility index (Phi) is 4.14. The van der Waals surface area contributed by atoms with E-state index in [-0.39, 0.29) is 0 Å². The van der Waals surface area contributed by atoms with Gasteiger partial charge < -0.3 is 15.4 Å². The van der Waals surface area contributed by atoms with E-state index in [2.05, 4.69) is 27.5 Å². The molecule has 1 unspecified atom stereocenters. The van der Waals surface area contributed by atoms with Gasteiger partial charge >= 0.3 is 0 Å². The van der Waals surface area contributed by atoms with Gasteiger partial charge in [0, 0.05) is 25.8 Å². The molecule has 2 N–H and O–H groups in total. The Balaban J connectivity index is 2.03. The van der Waals surface area contributed by atoms with Gasteiger partial charge in [0.15, 0.2) is 0 Å². The minimum atomic E-state index is 0.327. The molecule has 5 heteroatoms. The molecular weight excluding hydrogens is 216 g/mol. The number of nitrogens with zero attached hydrogens (tertiary/aromatic N) is 2. The molecule has 0 aliphatic carbocycles. The lowest BCUT2D eigenvalue weighted by Crippen LogP contribution is -2.20. The molecule has 0 amide bonds. The summed E-state index contributed by atoms with van der Waals surface area (Å²) in [4.78, 5) is 8.52. The summed E-state index contributed by atoms with van der Waals surface area (Å²) in [6.45, 7) is 3.82. The lowest BCUT2D eigenvalue weighted by Gasteiger charge is -2.15. The average Bonchev–Trinajstić information content (AvgIpc) is 2.88. The molecule has 0 spiro atoms. The summed E-state index contributed by atoms with van der Waals surface area (Å²) in [5, 5.41) is 6.46. The highest BCUT2D eigenvalue weighted by molar-refractivity contribution is 5.57. The molecule has 5 nitrogen and oxygen atoms in total. The largest absolute Gasteiger partial charge is 0.376 e. The molecule has 1 fully saturated rings. The second kappa shape index (κ2) is 5.82. The second-order valence-electron chi connectivity index (χ2n) is 4.17. The fraction of sp³-hybridized carbons (Fsp3) is 0.667. The molecule has 0 saturated carbocycles. The van der Waals surface area contributed by atoms with E-state index in [0.29, 0.717) is 6.10 Å². The van der Waals surface area contributed by atoms with Crippen LogP contribution in [0.25, 0.3) is 0 Å². The molecule has 1 saturated heterocycles. The molecule has 17 heavy (non-hydrogen) atoms. The Morgan fingerprint density at radius 3 is 2.88 bits per heavy atom. The number of ether oxygens (including phenoxy) is 1. The molecule has 0 bridgehead atoms. The van der Waals surface area contributed by atoms with E-state index in [1.165, 1.54) is 6.42 Å². The van der Waals surface area contributed by atoms with Crippen molar-refractivity contribution in [1.29, 1.82) is 0 Å². The summed E-state index contributed by atoms with van der Waals surface area (Å²) in [6.07, 6.45) is 5.12. The van der Waals surface area contributed by atoms with Gasteiger partial charge in [0.1, 0.15) is 18.0 Å². The van der Waals surface area contributed by atoms with Crippen molar-refractivity contribution in [2.24, 2.45) is 0 Å². The molecule has 2 rings (SSSR count). The van der Waals surface area contributed by atoms with Crippen LogP contribution in [0.3, 0.4) is 0 Å². The Labute approximate surface area is 102 Å². The molecule has 0 radical (unpaired) electrons. The summed E-state index contributed by atoms with van der Waals surface area (Å²) in [5.41, 5.74) is 1.13. The van der Waals surface area contributed by atoms with Crippen molar-refractivity contribution in [2.45, 2.75) is 32.3 Å². The maximum atomic E-state index is 5.58. The standard InChI is InChI=1S/C12H20N4O/c1-3-10-11(13-2)15-8-16-12(10)14-7-9-5-4-6-17-9/h8-9H,3-7H2,1-2H3,(H2,13,14,15,16). The first-order chi connectivity index (χ1) is 8.35. The molecule has 1 aromatic rings. The maximum Gasteiger partial charge on any atom is 0.134 e. The van der Waals surface area contributed by atoms with Crippen LogP contribution in [-0.4, -0.2) is 36.3 Å². The molecule has 1 atom stereocenters. The van der Waals surface area contributed by atoms with Crippen molar-refractivity contribution < 1.29 is 4.74 Å². The van der Waals surface area contributed by atoms with Crippen molar-refractivity contribution in [3.05, 3.63) is 11.9 Å². The second-order valence-corrected chi connectivity index (χ2v) is 4.17. The highest BCUT2D eigenvalue weighted by Gasteiger charge is 2.16. The topological polar surface area (TPSA) is 59.1 Å². The maximum absolute atomic E-state index is 5.58. The summed E-state index contributed by atoms with van der Waals surface area (Å²) < 4.78 is 5.58. The van der Waals surface area contributed by atoms with Gasteiger partial charge in [-0.25, -0.2) is 9.97 Å². The fourth-order valence-electron chi connectivity index (χ4n) is 2.13. The Bertz CT molecular complexity index is 364. The van der Waals surface area contributed by atoms with Gasteiger partial charge in [0.25, 0.3) is 0 Å². The third-order valence-corrected chi connectivity index (χ3v) is 3.06. The number of nitrogens with one attached hydrogen (secondary N) is 2. The van der Waals surface area contributed by atoms with E-state index in [1.54, 1.807) is 6.33 Å². The monoisotopic (exact) mass is 236 g/mol. The third-order valence-electron chi connectivity index (χ3n) is 3.06. The first kappa shape index (κ1) is 12.1. The quantitative estimate of drug-likeness (QED) is 0.814. The molecule has 94 valence electrons. The predicted octanol–water partition coefficient (Wildman–Crippen LogP) is 1.67. The van der Waals surface area contributed by atoms with Crippen molar-refractivity contribution in [2.75, 3.05) is 30.8 Å². The lowest BCUT2D eigenvalue weighted by atomic mass is 10.2. The van der Waals surface area contributed by atoms with Crippen LogP contribution in [-0.2, 0) is 11.2 Å². The van der Waals surface area contributed by atoms with Crippen LogP contribution in [0.15, 0.2) is 6.33 Å². The van der Waals surface area contributed by atoms with E-state index in [0.717, 1.165) is 43.2 Å². The SMILES string of the molecule is CCc1c(NC)ncnc1NCC1CCCO1. The Morgan fingerprint density at radius 2 is 2.24 bits per heavy atom.